The second-order valence-corrected chi connectivity index (χ2v) is 24.3. The molecule has 0 aromatic rings. The van der Waals surface area contributed by atoms with Crippen molar-refractivity contribution in [3.8, 4) is 0 Å². The predicted octanol–water partition coefficient (Wildman–Crippen LogP) is 8.14. The normalized spacial score (nSPS) is 43.1. The molecule has 8 aliphatic rings. The standard InChI is InChI=1S/C43H70N2O6Si/c1-28-40(52(3,4)32-22-20-31(49-2)21-23-32)39(24-25-46)51-43(28)34-15-6-7-16-35(34)44(42(43)48)27-29-12-11-13-30(26-29)45-36-17-8-10-19-38(36)50-37-18-9-5-14-33(37)41(45)47/h28-33,36-40,46H,5-27H2,1-4H3/t28-,29?,30?,31?,32?,33?,36?,37?,38?,39+,40-,43+/m0/s1. The van der Waals surface area contributed by atoms with Gasteiger partial charge in [0.1, 0.15) is 0 Å². The van der Waals surface area contributed by atoms with Gasteiger partial charge in [0.2, 0.25) is 5.91 Å². The Morgan fingerprint density at radius 1 is 0.865 bits per heavy atom. The van der Waals surface area contributed by atoms with Crippen LogP contribution in [0, 0.1) is 17.8 Å². The number of hydrogen-bond donors (Lipinski definition) is 1. The zero-order valence-electron chi connectivity index (χ0n) is 33.0. The number of rotatable bonds is 8. The molecule has 2 amide bonds. The van der Waals surface area contributed by atoms with Crippen molar-refractivity contribution in [2.75, 3.05) is 20.3 Å². The Bertz CT molecular complexity index is 1350. The van der Waals surface area contributed by atoms with E-state index in [0.29, 0.717) is 35.4 Å². The lowest BCUT2D eigenvalue weighted by molar-refractivity contribution is -0.151. The van der Waals surface area contributed by atoms with E-state index in [-0.39, 0.29) is 54.7 Å². The van der Waals surface area contributed by atoms with E-state index in [2.05, 4.69) is 29.8 Å². The van der Waals surface area contributed by atoms with Crippen LogP contribution < -0.4 is 0 Å². The third kappa shape index (κ3) is 6.40. The average Bonchev–Trinajstić information content (AvgIpc) is 3.53. The molecule has 1 spiro atoms. The molecule has 0 aromatic heterocycles. The van der Waals surface area contributed by atoms with Gasteiger partial charge in [-0.1, -0.05) is 65.0 Å². The summed E-state index contributed by atoms with van der Waals surface area (Å²) in [5, 5.41) is 10.4. The molecule has 0 radical (unpaired) electrons. The minimum atomic E-state index is -1.92. The third-order valence-electron chi connectivity index (χ3n) is 16.3. The van der Waals surface area contributed by atoms with Crippen LogP contribution in [-0.4, -0.2) is 97.2 Å². The third-order valence-corrected chi connectivity index (χ3v) is 21.5. The Morgan fingerprint density at radius 3 is 2.37 bits per heavy atom. The number of hydrogen-bond acceptors (Lipinski definition) is 6. The van der Waals surface area contributed by atoms with Gasteiger partial charge in [-0.25, -0.2) is 0 Å². The van der Waals surface area contributed by atoms with Crippen LogP contribution in [-0.2, 0) is 23.8 Å². The summed E-state index contributed by atoms with van der Waals surface area (Å²) in [7, 11) is -0.0681. The molecular weight excluding hydrogens is 669 g/mol. The summed E-state index contributed by atoms with van der Waals surface area (Å²) in [6.45, 7) is 8.33. The van der Waals surface area contributed by atoms with E-state index in [9.17, 15) is 9.90 Å². The van der Waals surface area contributed by atoms with Gasteiger partial charge in [-0.3, -0.25) is 9.59 Å². The number of aliphatic hydroxyl groups excluding tert-OH is 1. The Kier molecular flexibility index (Phi) is 11.1. The molecule has 0 aromatic carbocycles. The quantitative estimate of drug-likeness (QED) is 0.253. The van der Waals surface area contributed by atoms with Crippen LogP contribution in [0.1, 0.15) is 142 Å². The van der Waals surface area contributed by atoms with E-state index < -0.39 is 13.7 Å². The predicted molar refractivity (Wildman–Crippen MR) is 205 cm³/mol. The molecule has 292 valence electrons. The molecule has 4 saturated carbocycles. The highest BCUT2D eigenvalue weighted by molar-refractivity contribution is 6.80. The number of aliphatic hydroxyl groups is 1. The average molecular weight is 739 g/mol. The van der Waals surface area contributed by atoms with Crippen LogP contribution in [0.15, 0.2) is 11.3 Å². The Balaban J connectivity index is 1.04. The fourth-order valence-electron chi connectivity index (χ4n) is 13.7. The van der Waals surface area contributed by atoms with Gasteiger partial charge in [0.05, 0.1) is 44.4 Å². The van der Waals surface area contributed by atoms with Crippen molar-refractivity contribution < 1.29 is 28.9 Å². The van der Waals surface area contributed by atoms with Gasteiger partial charge in [0.25, 0.3) is 5.91 Å². The van der Waals surface area contributed by atoms with Crippen molar-refractivity contribution in [1.82, 2.24) is 9.80 Å². The molecule has 1 N–H and O–H groups in total. The monoisotopic (exact) mass is 739 g/mol. The number of nitrogens with zero attached hydrogens (tertiary/aromatic N) is 2. The van der Waals surface area contributed by atoms with Gasteiger partial charge in [-0.2, -0.15) is 0 Å². The van der Waals surface area contributed by atoms with E-state index in [4.69, 9.17) is 14.2 Å². The van der Waals surface area contributed by atoms with E-state index in [1.165, 1.54) is 43.4 Å². The summed E-state index contributed by atoms with van der Waals surface area (Å²) in [4.78, 5) is 34.4. The van der Waals surface area contributed by atoms with E-state index in [0.717, 1.165) is 103 Å². The number of fused-ring (bicyclic) bond motifs is 3. The van der Waals surface area contributed by atoms with E-state index in [1.54, 1.807) is 0 Å². The van der Waals surface area contributed by atoms with Crippen LogP contribution in [0.5, 0.6) is 0 Å². The van der Waals surface area contributed by atoms with Gasteiger partial charge in [0.15, 0.2) is 5.60 Å². The second kappa shape index (κ2) is 15.3. The van der Waals surface area contributed by atoms with Crippen molar-refractivity contribution in [3.05, 3.63) is 11.3 Å². The van der Waals surface area contributed by atoms with E-state index in [1.807, 2.05) is 7.11 Å². The van der Waals surface area contributed by atoms with Gasteiger partial charge in [-0.15, -0.1) is 0 Å². The van der Waals surface area contributed by atoms with Crippen LogP contribution in [0.4, 0.5) is 0 Å². The number of carbonyl (C=O) groups excluding carboxylic acids is 2. The highest BCUT2D eigenvalue weighted by Gasteiger charge is 2.67. The summed E-state index contributed by atoms with van der Waals surface area (Å²) in [5.74, 6) is 1.08. The van der Waals surface area contributed by atoms with Crippen LogP contribution >= 0.6 is 0 Å². The SMILES string of the molecule is COC1CCC([Si](C)(C)[C@@H]2[C@@H](CCO)O[C@]3(C(=O)N(CC4CCCC(N5C(=O)C6CCCCC6OC6CCCCC65)C4)C4=C3CCCC4)[C@H]2C)CC1. The molecule has 5 aliphatic carbocycles. The molecule has 0 bridgehead atoms. The van der Waals surface area contributed by atoms with Crippen LogP contribution in [0.25, 0.3) is 0 Å². The Labute approximate surface area is 315 Å². The van der Waals surface area contributed by atoms with Gasteiger partial charge >= 0.3 is 0 Å². The zero-order chi connectivity index (χ0) is 36.2. The summed E-state index contributed by atoms with van der Waals surface area (Å²) < 4.78 is 19.9. The molecule has 10 atom stereocenters. The van der Waals surface area contributed by atoms with Crippen molar-refractivity contribution in [3.63, 3.8) is 0 Å². The summed E-state index contributed by atoms with van der Waals surface area (Å²) in [6.07, 6.45) is 23.1. The number of carbonyl (C=O) groups is 2. The van der Waals surface area contributed by atoms with Crippen molar-refractivity contribution in [2.45, 2.75) is 208 Å². The maximum Gasteiger partial charge on any atom is 0.263 e. The molecule has 3 aliphatic heterocycles. The smallest absolute Gasteiger partial charge is 0.263 e. The zero-order valence-corrected chi connectivity index (χ0v) is 34.0. The number of amides is 2. The molecule has 3 heterocycles. The van der Waals surface area contributed by atoms with Crippen molar-refractivity contribution in [1.29, 1.82) is 0 Å². The molecule has 8 nitrogen and oxygen atoms in total. The molecule has 9 heteroatoms. The minimum Gasteiger partial charge on any atom is -0.396 e. The first kappa shape index (κ1) is 37.7. The Hall–Kier alpha value is -1.26. The maximum absolute atomic E-state index is 15.3. The summed E-state index contributed by atoms with van der Waals surface area (Å²) in [6, 6.07) is 0.456. The van der Waals surface area contributed by atoms with Crippen LogP contribution in [0.3, 0.4) is 0 Å². The first-order valence-electron chi connectivity index (χ1n) is 22.0. The first-order valence-corrected chi connectivity index (χ1v) is 25.2. The fraction of sp³-hybridized carbons (Fsp3) is 0.907. The highest BCUT2D eigenvalue weighted by Crippen LogP contribution is 2.61. The number of ether oxygens (including phenoxy) is 3. The summed E-state index contributed by atoms with van der Waals surface area (Å²) >= 11 is 0. The molecule has 8 rings (SSSR count). The molecule has 6 fully saturated rings. The number of methoxy groups -OCH3 is 1. The molecule has 2 saturated heterocycles. The first-order chi connectivity index (χ1) is 25.2. The fourth-order valence-corrected chi connectivity index (χ4v) is 18.8. The lowest BCUT2D eigenvalue weighted by Gasteiger charge is -2.45. The molecular formula is C43H70N2O6Si. The highest BCUT2D eigenvalue weighted by atomic mass is 28.3. The summed E-state index contributed by atoms with van der Waals surface area (Å²) in [5.41, 5.74) is 2.68. The van der Waals surface area contributed by atoms with Crippen LogP contribution in [0.2, 0.25) is 24.2 Å². The molecule has 6 unspecified atom stereocenters. The minimum absolute atomic E-state index is 0.0262. The molecule has 52 heavy (non-hydrogen) atoms. The maximum atomic E-state index is 15.3. The Morgan fingerprint density at radius 2 is 1.60 bits per heavy atom. The van der Waals surface area contributed by atoms with E-state index >= 15 is 4.79 Å². The van der Waals surface area contributed by atoms with Gasteiger partial charge in [-0.05, 0) is 112 Å². The lowest BCUT2D eigenvalue weighted by Crippen LogP contribution is -2.55. The van der Waals surface area contributed by atoms with Gasteiger partial charge in [0, 0.05) is 37.9 Å². The second-order valence-electron chi connectivity index (χ2n) is 19.2. The van der Waals surface area contributed by atoms with Crippen molar-refractivity contribution >= 4 is 19.9 Å². The largest absolute Gasteiger partial charge is 0.396 e. The van der Waals surface area contributed by atoms with Gasteiger partial charge < -0.3 is 29.1 Å². The number of allylic oxidation sites excluding steroid dienone is 1. The van der Waals surface area contributed by atoms with Crippen molar-refractivity contribution in [2.24, 2.45) is 17.8 Å². The lowest BCUT2D eigenvalue weighted by atomic mass is 9.78. The topological polar surface area (TPSA) is 88.5 Å².